The Labute approximate surface area is 356 Å². The zero-order valence-corrected chi connectivity index (χ0v) is 36.5. The van der Waals surface area contributed by atoms with Gasteiger partial charge in [0.05, 0.1) is 25.6 Å². The van der Waals surface area contributed by atoms with E-state index >= 15 is 0 Å². The zero-order chi connectivity index (χ0) is 43.8. The van der Waals surface area contributed by atoms with Crippen molar-refractivity contribution in [2.75, 3.05) is 18.9 Å². The van der Waals surface area contributed by atoms with Gasteiger partial charge in [0.2, 0.25) is 0 Å². The van der Waals surface area contributed by atoms with Crippen molar-refractivity contribution >= 4 is 30.7 Å². The van der Waals surface area contributed by atoms with E-state index in [-0.39, 0.29) is 53.7 Å². The van der Waals surface area contributed by atoms with E-state index in [1.807, 2.05) is 0 Å². The first-order valence-electron chi connectivity index (χ1n) is 21.7. The molecule has 0 unspecified atom stereocenters. The summed E-state index contributed by atoms with van der Waals surface area (Å²) in [4.78, 5) is 25.6. The van der Waals surface area contributed by atoms with Gasteiger partial charge in [0, 0.05) is 12.5 Å². The number of nitrogen functional groups attached to an aromatic ring is 1. The van der Waals surface area contributed by atoms with Crippen LogP contribution in [0.25, 0.3) is 11.2 Å². The molecule has 1 saturated heterocycles. The van der Waals surface area contributed by atoms with E-state index in [1.54, 1.807) is 18.2 Å². The molecule has 61 heavy (non-hydrogen) atoms. The number of ether oxygens (including phenoxy) is 2. The van der Waals surface area contributed by atoms with E-state index in [4.69, 9.17) is 24.3 Å². The molecule has 0 spiro atoms. The molecule has 2 aromatic carbocycles. The third kappa shape index (κ3) is 14.5. The molecule has 336 valence electrons. The minimum Gasteiger partial charge on any atom is -0.464 e. The van der Waals surface area contributed by atoms with Crippen LogP contribution in [0.1, 0.15) is 129 Å². The minimum absolute atomic E-state index is 0.0210. The number of unbranched alkanes of at least 4 members (excludes halogenated alkanes) is 10. The molecule has 0 radical (unpaired) electrons. The van der Waals surface area contributed by atoms with Gasteiger partial charge in [0.15, 0.2) is 17.0 Å². The number of aliphatic hydroxyl groups excluding tert-OH is 1. The van der Waals surface area contributed by atoms with Crippen molar-refractivity contribution in [3.8, 4) is 5.75 Å². The fraction of sp³-hybridized carbons (Fsp3) is 0.591. The molecular weight excluding hydrogens is 812 g/mol. The van der Waals surface area contributed by atoms with E-state index in [0.717, 1.165) is 82.4 Å². The molecule has 2 aromatic heterocycles. The molecule has 4 aromatic rings. The Hall–Kier alpha value is -4.08. The molecule has 1 fully saturated rings. The number of carbonyl (C=O) groups is 1. The average Bonchev–Trinajstić information content (AvgIpc) is 3.78. The number of nitrogens with two attached hydrogens (primary N) is 1. The molecule has 0 bridgehead atoms. The van der Waals surface area contributed by atoms with Crippen LogP contribution in [0.3, 0.4) is 0 Å². The number of nitrogens with zero attached hydrogens (tertiary/aromatic N) is 4. The van der Waals surface area contributed by atoms with Crippen LogP contribution in [0.15, 0.2) is 54.9 Å². The van der Waals surface area contributed by atoms with Crippen LogP contribution in [0.4, 0.5) is 19.0 Å². The predicted molar refractivity (Wildman–Crippen MR) is 227 cm³/mol. The summed E-state index contributed by atoms with van der Waals surface area (Å²) in [6.45, 7) is 5.48. The molecular formula is C44H62F3N6O7P. The van der Waals surface area contributed by atoms with Crippen LogP contribution >= 0.6 is 7.75 Å². The highest BCUT2D eigenvalue weighted by Crippen LogP contribution is 2.48. The van der Waals surface area contributed by atoms with E-state index < -0.39 is 62.0 Å². The fourth-order valence-electron chi connectivity index (χ4n) is 7.60. The summed E-state index contributed by atoms with van der Waals surface area (Å²) in [6, 6.07) is 9.55. The first-order valence-corrected chi connectivity index (χ1v) is 23.3. The number of hydrogen-bond donors (Lipinski definition) is 3. The lowest BCUT2D eigenvalue weighted by Crippen LogP contribution is -2.43. The molecule has 1 aliphatic rings. The highest BCUT2D eigenvalue weighted by Gasteiger charge is 2.48. The van der Waals surface area contributed by atoms with E-state index in [0.29, 0.717) is 0 Å². The predicted octanol–water partition coefficient (Wildman–Crippen LogP) is 9.93. The number of benzene rings is 2. The number of anilines is 1. The quantitative estimate of drug-likeness (QED) is 0.0224. The number of aliphatic hydroxyl groups is 1. The molecule has 1 aliphatic heterocycles. The number of hydrogen-bond acceptors (Lipinski definition) is 11. The minimum atomic E-state index is -4.61. The number of nitrogens with one attached hydrogen (secondary N) is 1. The number of rotatable bonds is 27. The largest absolute Gasteiger partial charge is 0.464 e. The highest BCUT2D eigenvalue weighted by molar-refractivity contribution is 7.52. The maximum Gasteiger partial charge on any atom is 0.459 e. The van der Waals surface area contributed by atoms with Gasteiger partial charge in [-0.25, -0.2) is 18.3 Å². The SMILES string of the molecule is CCCCCCCCC(CCCCCCCC)COC(=O)[C@H](Cc1cc(F)cc(F)c1)N[P@](=O)(OC[C@@]1(C)O[C@@H](n2cnc3c(N)nc(F)nc32)C[C@@H]1O)Oc1ccccc1. The van der Waals surface area contributed by atoms with Gasteiger partial charge in [0.25, 0.3) is 0 Å². The smallest absolute Gasteiger partial charge is 0.459 e. The van der Waals surface area contributed by atoms with Crippen LogP contribution < -0.4 is 15.3 Å². The van der Waals surface area contributed by atoms with Crippen molar-refractivity contribution in [2.45, 2.75) is 147 Å². The van der Waals surface area contributed by atoms with Crippen molar-refractivity contribution in [3.63, 3.8) is 0 Å². The van der Waals surface area contributed by atoms with Crippen molar-refractivity contribution < 1.29 is 46.2 Å². The summed E-state index contributed by atoms with van der Waals surface area (Å²) in [7, 11) is -4.61. The number of aromatic nitrogens is 4. The lowest BCUT2D eigenvalue weighted by molar-refractivity contribution is -0.147. The third-order valence-electron chi connectivity index (χ3n) is 11.1. The van der Waals surface area contributed by atoms with Crippen LogP contribution in [-0.4, -0.2) is 61.6 Å². The fourth-order valence-corrected chi connectivity index (χ4v) is 9.18. The highest BCUT2D eigenvalue weighted by atomic mass is 31.2. The monoisotopic (exact) mass is 874 g/mol. The van der Waals surface area contributed by atoms with E-state index in [9.17, 15) is 27.6 Å². The van der Waals surface area contributed by atoms with Crippen LogP contribution in [0.5, 0.6) is 5.75 Å². The van der Waals surface area contributed by atoms with Gasteiger partial charge < -0.3 is 24.8 Å². The molecule has 5 rings (SSSR count). The Morgan fingerprint density at radius 3 is 2.23 bits per heavy atom. The van der Waals surface area contributed by atoms with Crippen molar-refractivity contribution in [1.82, 2.24) is 24.6 Å². The van der Waals surface area contributed by atoms with Crippen molar-refractivity contribution in [2.24, 2.45) is 5.92 Å². The zero-order valence-electron chi connectivity index (χ0n) is 35.6. The van der Waals surface area contributed by atoms with Crippen molar-refractivity contribution in [1.29, 1.82) is 0 Å². The number of esters is 1. The maximum atomic E-state index is 14.9. The summed E-state index contributed by atoms with van der Waals surface area (Å²) >= 11 is 0. The summed E-state index contributed by atoms with van der Waals surface area (Å²) in [6.07, 6.45) is 13.1. The second-order valence-electron chi connectivity index (χ2n) is 16.3. The van der Waals surface area contributed by atoms with Gasteiger partial charge in [-0.15, -0.1) is 0 Å². The summed E-state index contributed by atoms with van der Waals surface area (Å²) in [5, 5.41) is 14.0. The maximum absolute atomic E-state index is 14.9. The number of imidazole rings is 1. The van der Waals surface area contributed by atoms with Gasteiger partial charge in [-0.1, -0.05) is 109 Å². The number of carbonyl (C=O) groups excluding carboxylic acids is 1. The lowest BCUT2D eigenvalue weighted by Gasteiger charge is -2.31. The Kier molecular flexibility index (Phi) is 18.4. The second kappa shape index (κ2) is 23.4. The normalized spacial score (nSPS) is 19.3. The van der Waals surface area contributed by atoms with Crippen molar-refractivity contribution in [3.05, 3.63) is 78.1 Å². The Morgan fingerprint density at radius 2 is 1.59 bits per heavy atom. The summed E-state index contributed by atoms with van der Waals surface area (Å²) < 4.78 is 83.5. The molecule has 0 saturated carbocycles. The Bertz CT molecular complexity index is 1990. The van der Waals surface area contributed by atoms with E-state index in [1.165, 1.54) is 55.6 Å². The van der Waals surface area contributed by atoms with Crippen LogP contribution in [0, 0.1) is 23.6 Å². The van der Waals surface area contributed by atoms with Crippen LogP contribution in [0.2, 0.25) is 0 Å². The molecule has 3 heterocycles. The van der Waals surface area contributed by atoms with E-state index in [2.05, 4.69) is 33.9 Å². The number of fused-ring (bicyclic) bond motifs is 1. The topological polar surface area (TPSA) is 173 Å². The number of halogens is 3. The number of para-hydroxylation sites is 1. The van der Waals surface area contributed by atoms with Gasteiger partial charge in [-0.05, 0) is 61.9 Å². The van der Waals surface area contributed by atoms with Crippen LogP contribution in [-0.2, 0) is 29.8 Å². The summed E-state index contributed by atoms with van der Waals surface area (Å²) in [5.41, 5.74) is 4.60. The molecule has 0 aliphatic carbocycles. The first-order chi connectivity index (χ1) is 29.3. The Morgan fingerprint density at radius 1 is 0.967 bits per heavy atom. The Balaban J connectivity index is 1.35. The molecule has 5 atom stereocenters. The molecule has 13 nitrogen and oxygen atoms in total. The van der Waals surface area contributed by atoms with Gasteiger partial charge in [-0.2, -0.15) is 19.4 Å². The summed E-state index contributed by atoms with van der Waals surface area (Å²) in [5.74, 6) is -2.45. The van der Waals surface area contributed by atoms with Gasteiger partial charge in [-0.3, -0.25) is 13.9 Å². The second-order valence-corrected chi connectivity index (χ2v) is 18.0. The third-order valence-corrected chi connectivity index (χ3v) is 12.7. The lowest BCUT2D eigenvalue weighted by atomic mass is 9.94. The molecule has 0 amide bonds. The molecule has 17 heteroatoms. The van der Waals surface area contributed by atoms with Gasteiger partial charge >= 0.3 is 19.8 Å². The first kappa shape index (κ1) is 48.0. The average molecular weight is 875 g/mol. The standard InChI is InChI=1S/C44H62F3N6O7P/c1-4-6-8-10-12-15-19-31(20-16-13-11-9-7-5-2)28-57-42(55)36(25-32-23-33(45)26-34(46)24-32)52-61(56,60-35-21-17-14-18-22-35)58-29-44(3)37(54)27-38(59-44)53-30-49-39-40(48)50-43(47)51-41(39)53/h14,17-18,21-24,26,30-31,36-38,54H,4-13,15-16,19-20,25,27-29H2,1-3H3,(H,52,56)(H2,48,50,51)/t36-,37-,38+,44+,61-/m0/s1. The molecule has 4 N–H and O–H groups in total. The van der Waals surface area contributed by atoms with Gasteiger partial charge in [0.1, 0.15) is 35.3 Å².